The Morgan fingerprint density at radius 2 is 1.85 bits per heavy atom. The number of hydrogen-bond acceptors (Lipinski definition) is 8. The molecule has 0 aromatic carbocycles. The summed E-state index contributed by atoms with van der Waals surface area (Å²) >= 11 is 3.42. The molecule has 0 radical (unpaired) electrons. The van der Waals surface area contributed by atoms with Gasteiger partial charge in [-0.3, -0.25) is 4.79 Å². The van der Waals surface area contributed by atoms with Crippen LogP contribution in [-0.4, -0.2) is 53.6 Å². The van der Waals surface area contributed by atoms with Gasteiger partial charge in [-0.25, -0.2) is 4.79 Å². The van der Waals surface area contributed by atoms with Crippen LogP contribution in [0.5, 0.6) is 0 Å². The summed E-state index contributed by atoms with van der Waals surface area (Å²) in [7, 11) is 2.54. The van der Waals surface area contributed by atoms with Crippen molar-refractivity contribution in [1.82, 2.24) is 0 Å². The summed E-state index contributed by atoms with van der Waals surface area (Å²) < 4.78 is 9.09. The maximum absolute atomic E-state index is 12.0. The molecular formula is C12H17NO5S2. The molecule has 0 amide bonds. The lowest BCUT2D eigenvalue weighted by atomic mass is 9.95. The Kier molecular flexibility index (Phi) is 4.85. The van der Waals surface area contributed by atoms with Gasteiger partial charge < -0.3 is 14.3 Å². The van der Waals surface area contributed by atoms with E-state index in [2.05, 4.69) is 9.89 Å². The number of esters is 2. The van der Waals surface area contributed by atoms with Crippen LogP contribution >= 0.6 is 23.5 Å². The highest BCUT2D eigenvalue weighted by molar-refractivity contribution is 8.19. The fraction of sp³-hybridized carbons (Fsp3) is 0.750. The zero-order valence-corrected chi connectivity index (χ0v) is 13.2. The van der Waals surface area contributed by atoms with Gasteiger partial charge in [0.1, 0.15) is 9.79 Å². The second-order valence-corrected chi connectivity index (χ2v) is 7.81. The third-order valence-corrected chi connectivity index (χ3v) is 6.47. The standard InChI is InChI=1S/C12H17NO5S2/c1-12(19-5-4-6-20-12)9-7(10(14)16-2)8(18-13-9)11(15)17-3/h7-8H,4-6H2,1-3H3/t7-,8-/m1/s1. The molecule has 2 aliphatic heterocycles. The molecule has 0 saturated carbocycles. The van der Waals surface area contributed by atoms with E-state index >= 15 is 0 Å². The van der Waals surface area contributed by atoms with Crippen molar-refractivity contribution in [2.45, 2.75) is 23.5 Å². The average Bonchev–Trinajstić information content (AvgIpc) is 2.92. The minimum atomic E-state index is -1.05. The molecule has 2 aliphatic rings. The van der Waals surface area contributed by atoms with Gasteiger partial charge in [-0.05, 0) is 24.9 Å². The Labute approximate surface area is 126 Å². The van der Waals surface area contributed by atoms with Crippen molar-refractivity contribution in [2.75, 3.05) is 25.7 Å². The van der Waals surface area contributed by atoms with Gasteiger partial charge in [-0.2, -0.15) is 0 Å². The molecular weight excluding hydrogens is 302 g/mol. The fourth-order valence-corrected chi connectivity index (χ4v) is 5.18. The third-order valence-electron chi connectivity index (χ3n) is 3.26. The van der Waals surface area contributed by atoms with E-state index < -0.39 is 24.0 Å². The maximum atomic E-state index is 12.0. The predicted octanol–water partition coefficient (Wildman–Crippen LogP) is 1.29. The van der Waals surface area contributed by atoms with Crippen LogP contribution in [0.2, 0.25) is 0 Å². The largest absolute Gasteiger partial charge is 0.468 e. The lowest BCUT2D eigenvalue weighted by Gasteiger charge is -2.33. The van der Waals surface area contributed by atoms with Crippen LogP contribution in [0.15, 0.2) is 5.16 Å². The highest BCUT2D eigenvalue weighted by atomic mass is 32.2. The zero-order chi connectivity index (χ0) is 14.8. The monoisotopic (exact) mass is 319 g/mol. The number of nitrogens with zero attached hydrogens (tertiary/aromatic N) is 1. The van der Waals surface area contributed by atoms with Crippen molar-refractivity contribution in [1.29, 1.82) is 0 Å². The Morgan fingerprint density at radius 1 is 1.25 bits per heavy atom. The molecule has 2 heterocycles. The highest BCUT2D eigenvalue weighted by Crippen LogP contribution is 2.46. The van der Waals surface area contributed by atoms with Crippen LogP contribution in [0.4, 0.5) is 0 Å². The normalized spacial score (nSPS) is 28.2. The number of carbonyl (C=O) groups excluding carboxylic acids is 2. The average molecular weight is 319 g/mol. The Balaban J connectivity index is 2.27. The molecule has 0 aromatic rings. The van der Waals surface area contributed by atoms with E-state index in [0.29, 0.717) is 5.71 Å². The summed E-state index contributed by atoms with van der Waals surface area (Å²) in [6, 6.07) is 0. The summed E-state index contributed by atoms with van der Waals surface area (Å²) in [5.41, 5.74) is 0.550. The highest BCUT2D eigenvalue weighted by Gasteiger charge is 2.53. The molecule has 8 heteroatoms. The van der Waals surface area contributed by atoms with E-state index in [0.717, 1.165) is 17.9 Å². The number of oxime groups is 1. The summed E-state index contributed by atoms with van der Waals surface area (Å²) in [5, 5.41) is 4.01. The summed E-state index contributed by atoms with van der Waals surface area (Å²) in [6.45, 7) is 2.00. The van der Waals surface area contributed by atoms with E-state index in [9.17, 15) is 9.59 Å². The quantitative estimate of drug-likeness (QED) is 0.726. The fourth-order valence-electron chi connectivity index (χ4n) is 2.18. The number of thioether (sulfide) groups is 2. The minimum Gasteiger partial charge on any atom is -0.468 e. The topological polar surface area (TPSA) is 74.2 Å². The molecule has 2 rings (SSSR count). The van der Waals surface area contributed by atoms with Crippen molar-refractivity contribution in [2.24, 2.45) is 11.1 Å². The predicted molar refractivity (Wildman–Crippen MR) is 77.8 cm³/mol. The van der Waals surface area contributed by atoms with Crippen molar-refractivity contribution >= 4 is 41.2 Å². The molecule has 0 unspecified atom stereocenters. The molecule has 2 atom stereocenters. The molecule has 0 aromatic heterocycles. The molecule has 0 bridgehead atoms. The van der Waals surface area contributed by atoms with Gasteiger partial charge >= 0.3 is 11.9 Å². The van der Waals surface area contributed by atoms with E-state index in [1.54, 1.807) is 23.5 Å². The van der Waals surface area contributed by atoms with Gasteiger partial charge in [0.25, 0.3) is 0 Å². The number of methoxy groups -OCH3 is 2. The first-order chi connectivity index (χ1) is 9.53. The number of carbonyl (C=O) groups is 2. The van der Waals surface area contributed by atoms with Crippen LogP contribution in [0.1, 0.15) is 13.3 Å². The zero-order valence-electron chi connectivity index (χ0n) is 11.6. The molecule has 20 heavy (non-hydrogen) atoms. The van der Waals surface area contributed by atoms with E-state index in [1.165, 1.54) is 14.2 Å². The van der Waals surface area contributed by atoms with Crippen LogP contribution in [0, 0.1) is 5.92 Å². The van der Waals surface area contributed by atoms with Crippen LogP contribution in [0.25, 0.3) is 0 Å². The van der Waals surface area contributed by atoms with Gasteiger partial charge in [0, 0.05) is 0 Å². The molecule has 0 N–H and O–H groups in total. The molecule has 1 saturated heterocycles. The second-order valence-electron chi connectivity index (χ2n) is 4.52. The van der Waals surface area contributed by atoms with Gasteiger partial charge in [-0.1, -0.05) is 5.16 Å². The van der Waals surface area contributed by atoms with Gasteiger partial charge in [0.05, 0.1) is 14.2 Å². The smallest absolute Gasteiger partial charge is 0.351 e. The molecule has 6 nitrogen and oxygen atoms in total. The van der Waals surface area contributed by atoms with Gasteiger partial charge in [0.2, 0.25) is 6.10 Å². The van der Waals surface area contributed by atoms with Crippen LogP contribution in [-0.2, 0) is 23.9 Å². The van der Waals surface area contributed by atoms with Crippen LogP contribution in [0.3, 0.4) is 0 Å². The first-order valence-electron chi connectivity index (χ1n) is 6.21. The summed E-state index contributed by atoms with van der Waals surface area (Å²) in [5.74, 6) is -0.00716. The molecule has 0 aliphatic carbocycles. The molecule has 0 spiro atoms. The number of rotatable bonds is 3. The first kappa shape index (κ1) is 15.5. The van der Waals surface area contributed by atoms with Crippen molar-refractivity contribution in [3.8, 4) is 0 Å². The second kappa shape index (κ2) is 6.26. The van der Waals surface area contributed by atoms with Crippen molar-refractivity contribution in [3.05, 3.63) is 0 Å². The Morgan fingerprint density at radius 3 is 2.40 bits per heavy atom. The lowest BCUT2D eigenvalue weighted by molar-refractivity contribution is -0.161. The number of hydrogen-bond donors (Lipinski definition) is 0. The maximum Gasteiger partial charge on any atom is 0.351 e. The third kappa shape index (κ3) is 2.76. The van der Waals surface area contributed by atoms with Gasteiger partial charge in [-0.15, -0.1) is 23.5 Å². The van der Waals surface area contributed by atoms with Crippen molar-refractivity contribution in [3.63, 3.8) is 0 Å². The lowest BCUT2D eigenvalue weighted by Crippen LogP contribution is -2.45. The van der Waals surface area contributed by atoms with Crippen molar-refractivity contribution < 1.29 is 23.9 Å². The first-order valence-corrected chi connectivity index (χ1v) is 8.18. The summed E-state index contributed by atoms with van der Waals surface area (Å²) in [6.07, 6.45) is 0.0601. The SMILES string of the molecule is COC(=O)[C@H]1C(C2(C)SCCCS2)=NO[C@H]1C(=O)OC. The number of ether oxygens (including phenoxy) is 2. The Hall–Kier alpha value is -0.890. The molecule has 1 fully saturated rings. The molecule has 112 valence electrons. The Bertz CT molecular complexity index is 434. The van der Waals surface area contributed by atoms with E-state index in [1.807, 2.05) is 6.92 Å². The van der Waals surface area contributed by atoms with Gasteiger partial charge in [0.15, 0.2) is 5.92 Å². The minimum absolute atomic E-state index is 0.375. The summed E-state index contributed by atoms with van der Waals surface area (Å²) in [4.78, 5) is 28.9. The van der Waals surface area contributed by atoms with E-state index in [4.69, 9.17) is 9.57 Å². The van der Waals surface area contributed by atoms with E-state index in [-0.39, 0.29) is 4.08 Å². The van der Waals surface area contributed by atoms with Crippen LogP contribution < -0.4 is 0 Å².